The van der Waals surface area contributed by atoms with Gasteiger partial charge in [-0.3, -0.25) is 9.59 Å². The van der Waals surface area contributed by atoms with Crippen molar-refractivity contribution in [3.63, 3.8) is 0 Å². The number of hydrogen-bond acceptors (Lipinski definition) is 3. The first-order valence-electron chi connectivity index (χ1n) is 12.6. The zero-order chi connectivity index (χ0) is 26.6. The summed E-state index contributed by atoms with van der Waals surface area (Å²) in [6.45, 7) is 5.07. The van der Waals surface area contributed by atoms with Gasteiger partial charge in [-0.25, -0.2) is 0 Å². The minimum absolute atomic E-state index is 0.0164. The Labute approximate surface area is 238 Å². The lowest BCUT2D eigenvalue weighted by Gasteiger charge is -2.32. The van der Waals surface area contributed by atoms with Crippen molar-refractivity contribution in [1.82, 2.24) is 10.2 Å². The standard InChI is InChI=1S/C30H34BrClN2O2S/c1-22(2)20-33-30(36)28(19-23-8-4-3-5-9-23)34(21-24-10-6-11-25(31)18-24)29(35)12-7-17-37-27-15-13-26(32)14-16-27/h3-6,8-11,13-16,18,22,28H,7,12,17,19-21H2,1-2H3,(H,33,36)/t28-/m1/s1. The summed E-state index contributed by atoms with van der Waals surface area (Å²) in [5.74, 6) is 0.996. The number of carbonyl (C=O) groups excluding carboxylic acids is 2. The van der Waals surface area contributed by atoms with Crippen molar-refractivity contribution in [3.8, 4) is 0 Å². The Bertz CT molecular complexity index is 1140. The van der Waals surface area contributed by atoms with Crippen LogP contribution < -0.4 is 5.32 Å². The van der Waals surface area contributed by atoms with Gasteiger partial charge in [0.05, 0.1) is 0 Å². The molecule has 0 bridgehead atoms. The molecule has 7 heteroatoms. The van der Waals surface area contributed by atoms with Gasteiger partial charge >= 0.3 is 0 Å². The molecule has 0 heterocycles. The molecule has 37 heavy (non-hydrogen) atoms. The van der Waals surface area contributed by atoms with Crippen LogP contribution in [0.3, 0.4) is 0 Å². The lowest BCUT2D eigenvalue weighted by Crippen LogP contribution is -2.51. The van der Waals surface area contributed by atoms with Crippen LogP contribution in [0.25, 0.3) is 0 Å². The van der Waals surface area contributed by atoms with Crippen LogP contribution in [0.15, 0.2) is 88.2 Å². The normalized spacial score (nSPS) is 11.8. The van der Waals surface area contributed by atoms with Crippen LogP contribution in [0.2, 0.25) is 5.02 Å². The van der Waals surface area contributed by atoms with E-state index >= 15 is 0 Å². The molecule has 4 nitrogen and oxygen atoms in total. The van der Waals surface area contributed by atoms with Crippen molar-refractivity contribution < 1.29 is 9.59 Å². The smallest absolute Gasteiger partial charge is 0.243 e. The van der Waals surface area contributed by atoms with Crippen molar-refractivity contribution in [3.05, 3.63) is 99.5 Å². The largest absolute Gasteiger partial charge is 0.354 e. The Balaban J connectivity index is 1.78. The molecule has 0 unspecified atom stereocenters. The summed E-state index contributed by atoms with van der Waals surface area (Å²) in [4.78, 5) is 30.0. The maximum absolute atomic E-state index is 13.7. The second kappa shape index (κ2) is 15.2. The lowest BCUT2D eigenvalue weighted by atomic mass is 10.0. The van der Waals surface area contributed by atoms with Crippen molar-refractivity contribution in [2.45, 2.75) is 50.6 Å². The predicted octanol–water partition coefficient (Wildman–Crippen LogP) is 7.39. The molecule has 0 aliphatic heterocycles. The summed E-state index contributed by atoms with van der Waals surface area (Å²) in [5.41, 5.74) is 2.01. The van der Waals surface area contributed by atoms with Gasteiger partial charge < -0.3 is 10.2 Å². The quantitative estimate of drug-likeness (QED) is 0.164. The third kappa shape index (κ3) is 10.2. The third-order valence-corrected chi connectivity index (χ3v) is 7.66. The van der Waals surface area contributed by atoms with Crippen molar-refractivity contribution in [2.24, 2.45) is 5.92 Å². The topological polar surface area (TPSA) is 49.4 Å². The van der Waals surface area contributed by atoms with E-state index in [0.29, 0.717) is 43.3 Å². The van der Waals surface area contributed by atoms with E-state index in [-0.39, 0.29) is 11.8 Å². The Hall–Kier alpha value is -2.28. The second-order valence-electron chi connectivity index (χ2n) is 9.40. The average Bonchev–Trinajstić information content (AvgIpc) is 2.88. The number of nitrogens with zero attached hydrogens (tertiary/aromatic N) is 1. The van der Waals surface area contributed by atoms with E-state index in [1.807, 2.05) is 78.9 Å². The number of rotatable bonds is 13. The van der Waals surface area contributed by atoms with Crippen LogP contribution >= 0.6 is 39.3 Å². The maximum Gasteiger partial charge on any atom is 0.243 e. The summed E-state index contributed by atoms with van der Waals surface area (Å²) < 4.78 is 0.945. The molecular weight excluding hydrogens is 568 g/mol. The fourth-order valence-electron chi connectivity index (χ4n) is 3.90. The number of hydrogen-bond donors (Lipinski definition) is 1. The fourth-order valence-corrected chi connectivity index (χ4v) is 5.32. The number of carbonyl (C=O) groups is 2. The number of amides is 2. The van der Waals surface area contributed by atoms with E-state index in [9.17, 15) is 9.59 Å². The highest BCUT2D eigenvalue weighted by molar-refractivity contribution is 9.10. The summed E-state index contributed by atoms with van der Waals surface area (Å²) in [6, 6.07) is 24.9. The molecule has 0 fully saturated rings. The highest BCUT2D eigenvalue weighted by Gasteiger charge is 2.30. The van der Waals surface area contributed by atoms with Gasteiger partial charge in [0.25, 0.3) is 0 Å². The molecule has 0 aliphatic rings. The first-order valence-corrected chi connectivity index (χ1v) is 14.7. The average molecular weight is 602 g/mol. The molecular formula is C30H34BrClN2O2S. The van der Waals surface area contributed by atoms with E-state index in [2.05, 4.69) is 35.1 Å². The fraction of sp³-hybridized carbons (Fsp3) is 0.333. The van der Waals surface area contributed by atoms with E-state index < -0.39 is 6.04 Å². The predicted molar refractivity (Wildman–Crippen MR) is 158 cm³/mol. The van der Waals surface area contributed by atoms with Gasteiger partial charge in [-0.05, 0) is 65.6 Å². The summed E-state index contributed by atoms with van der Waals surface area (Å²) in [7, 11) is 0. The Kier molecular flexibility index (Phi) is 12.0. The summed E-state index contributed by atoms with van der Waals surface area (Å²) in [6.07, 6.45) is 1.55. The Morgan fingerprint density at radius 2 is 1.68 bits per heavy atom. The molecule has 3 aromatic rings. The first-order chi connectivity index (χ1) is 17.8. The minimum Gasteiger partial charge on any atom is -0.354 e. The van der Waals surface area contributed by atoms with E-state index in [1.54, 1.807) is 16.7 Å². The number of benzene rings is 3. The second-order valence-corrected chi connectivity index (χ2v) is 11.9. The van der Waals surface area contributed by atoms with Gasteiger partial charge in [-0.2, -0.15) is 0 Å². The maximum atomic E-state index is 13.7. The van der Waals surface area contributed by atoms with E-state index in [0.717, 1.165) is 26.2 Å². The van der Waals surface area contributed by atoms with Crippen LogP contribution in [0.5, 0.6) is 0 Å². The highest BCUT2D eigenvalue weighted by Crippen LogP contribution is 2.23. The zero-order valence-corrected chi connectivity index (χ0v) is 24.5. The molecule has 1 atom stereocenters. The van der Waals surface area contributed by atoms with Crippen molar-refractivity contribution in [1.29, 1.82) is 0 Å². The molecule has 0 saturated heterocycles. The highest BCUT2D eigenvalue weighted by atomic mass is 79.9. The summed E-state index contributed by atoms with van der Waals surface area (Å²) >= 11 is 11.2. The van der Waals surface area contributed by atoms with Gasteiger partial charge in [-0.15, -0.1) is 11.8 Å². The number of halogens is 2. The molecule has 3 rings (SSSR count). The van der Waals surface area contributed by atoms with Gasteiger partial charge in [0, 0.05) is 40.3 Å². The Morgan fingerprint density at radius 1 is 0.973 bits per heavy atom. The molecule has 0 aliphatic carbocycles. The molecule has 3 aromatic carbocycles. The number of nitrogens with one attached hydrogen (secondary N) is 1. The van der Waals surface area contributed by atoms with Gasteiger partial charge in [0.2, 0.25) is 11.8 Å². The van der Waals surface area contributed by atoms with Crippen LogP contribution in [0.1, 0.15) is 37.8 Å². The lowest BCUT2D eigenvalue weighted by molar-refractivity contribution is -0.141. The van der Waals surface area contributed by atoms with Crippen LogP contribution in [-0.4, -0.2) is 35.1 Å². The van der Waals surface area contributed by atoms with Crippen LogP contribution in [0.4, 0.5) is 0 Å². The summed E-state index contributed by atoms with van der Waals surface area (Å²) in [5, 5.41) is 3.78. The molecule has 1 N–H and O–H groups in total. The molecule has 0 saturated carbocycles. The monoisotopic (exact) mass is 600 g/mol. The van der Waals surface area contributed by atoms with E-state index in [1.165, 1.54) is 0 Å². The van der Waals surface area contributed by atoms with Crippen LogP contribution in [0, 0.1) is 5.92 Å². The van der Waals surface area contributed by atoms with Crippen molar-refractivity contribution in [2.75, 3.05) is 12.3 Å². The van der Waals surface area contributed by atoms with E-state index in [4.69, 9.17) is 11.6 Å². The number of thioether (sulfide) groups is 1. The van der Waals surface area contributed by atoms with Gasteiger partial charge in [0.15, 0.2) is 0 Å². The minimum atomic E-state index is -0.600. The molecule has 0 radical (unpaired) electrons. The Morgan fingerprint density at radius 3 is 2.35 bits per heavy atom. The molecule has 0 aromatic heterocycles. The molecule has 2 amide bonds. The third-order valence-electron chi connectivity index (χ3n) is 5.81. The zero-order valence-electron chi connectivity index (χ0n) is 21.3. The van der Waals surface area contributed by atoms with Crippen LogP contribution in [-0.2, 0) is 22.6 Å². The SMILES string of the molecule is CC(C)CNC(=O)[C@@H](Cc1ccccc1)N(Cc1cccc(Br)c1)C(=O)CCCSc1ccc(Cl)cc1. The van der Waals surface area contributed by atoms with Crippen molar-refractivity contribution >= 4 is 51.1 Å². The first kappa shape index (κ1) is 29.3. The molecule has 0 spiro atoms. The molecule has 196 valence electrons. The van der Waals surface area contributed by atoms with Gasteiger partial charge in [0.1, 0.15) is 6.04 Å². The van der Waals surface area contributed by atoms with Gasteiger partial charge in [-0.1, -0.05) is 83.8 Å².